The zero-order valence-corrected chi connectivity index (χ0v) is 19.3. The number of aryl methyl sites for hydroxylation is 2. The van der Waals surface area contributed by atoms with Crippen LogP contribution in [-0.4, -0.2) is 40.6 Å². The lowest BCUT2D eigenvalue weighted by Gasteiger charge is -2.12. The minimum atomic E-state index is -4.80. The van der Waals surface area contributed by atoms with Crippen molar-refractivity contribution < 1.29 is 22.5 Å². The number of nitrogens with one attached hydrogen (secondary N) is 1. The smallest absolute Gasteiger partial charge is 0.361 e. The minimum absolute atomic E-state index is 0.0589. The molecule has 0 fully saturated rings. The summed E-state index contributed by atoms with van der Waals surface area (Å²) in [6.07, 6.45) is -3.46. The van der Waals surface area contributed by atoms with Crippen LogP contribution in [0.4, 0.5) is 18.9 Å². The third kappa shape index (κ3) is 4.19. The van der Waals surface area contributed by atoms with Crippen molar-refractivity contribution >= 4 is 22.5 Å². The predicted octanol–water partition coefficient (Wildman–Crippen LogP) is 4.15. The Labute approximate surface area is 201 Å². The normalized spacial score (nSPS) is 11.8. The van der Waals surface area contributed by atoms with Crippen LogP contribution in [-0.2, 0) is 19.8 Å². The van der Waals surface area contributed by atoms with E-state index in [1.54, 1.807) is 44.3 Å². The molecule has 4 aromatic heterocycles. The molecule has 0 aliphatic carbocycles. The van der Waals surface area contributed by atoms with Crippen LogP contribution in [0, 0.1) is 13.8 Å². The number of alkyl halides is 3. The van der Waals surface area contributed by atoms with E-state index in [-0.39, 0.29) is 17.8 Å². The monoisotopic (exact) mass is 496 g/mol. The zero-order chi connectivity index (χ0) is 25.6. The molecule has 1 amide bonds. The van der Waals surface area contributed by atoms with Crippen LogP contribution in [0.5, 0.6) is 0 Å². The fraction of sp³-hybridized carbons (Fsp3) is 0.217. The Morgan fingerprint density at radius 3 is 2.61 bits per heavy atom. The summed E-state index contributed by atoms with van der Waals surface area (Å²) in [5.74, 6) is 0.169. The molecule has 0 spiro atoms. The van der Waals surface area contributed by atoms with E-state index in [0.717, 1.165) is 4.68 Å². The maximum absolute atomic E-state index is 13.9. The van der Waals surface area contributed by atoms with Crippen molar-refractivity contribution in [2.75, 3.05) is 5.32 Å². The lowest BCUT2D eigenvalue weighted by molar-refractivity contribution is -0.140. The number of hydrogen-bond acceptors (Lipinski definition) is 7. The third-order valence-electron chi connectivity index (χ3n) is 5.60. The van der Waals surface area contributed by atoms with Crippen LogP contribution in [0.2, 0.25) is 0 Å². The van der Waals surface area contributed by atoms with Crippen LogP contribution in [0.1, 0.15) is 33.2 Å². The van der Waals surface area contributed by atoms with Gasteiger partial charge in [-0.2, -0.15) is 23.4 Å². The summed E-state index contributed by atoms with van der Waals surface area (Å²) in [5, 5.41) is 14.5. The Kier molecular flexibility index (Phi) is 5.54. The first-order valence-corrected chi connectivity index (χ1v) is 10.7. The number of fused-ring (bicyclic) bond motifs is 1. The molecule has 5 aromatic rings. The summed E-state index contributed by atoms with van der Waals surface area (Å²) in [5.41, 5.74) is -0.168. The number of pyridine rings is 1. The summed E-state index contributed by atoms with van der Waals surface area (Å²) in [4.78, 5) is 22.1. The molecule has 0 saturated carbocycles. The lowest BCUT2D eigenvalue weighted by Crippen LogP contribution is -2.17. The van der Waals surface area contributed by atoms with E-state index >= 15 is 0 Å². The Balaban J connectivity index is 1.58. The van der Waals surface area contributed by atoms with Gasteiger partial charge in [0, 0.05) is 18.5 Å². The van der Waals surface area contributed by atoms with Crippen LogP contribution in [0.15, 0.2) is 47.2 Å². The first-order chi connectivity index (χ1) is 17.1. The second-order valence-electron chi connectivity index (χ2n) is 8.13. The molecule has 10 nitrogen and oxygen atoms in total. The average molecular weight is 496 g/mol. The lowest BCUT2D eigenvalue weighted by atomic mass is 10.1. The average Bonchev–Trinajstić information content (AvgIpc) is 3.53. The molecule has 13 heteroatoms. The van der Waals surface area contributed by atoms with Gasteiger partial charge in [0.2, 0.25) is 0 Å². The van der Waals surface area contributed by atoms with Gasteiger partial charge in [0.1, 0.15) is 23.5 Å². The number of aromatic nitrogens is 7. The number of anilines is 1. The van der Waals surface area contributed by atoms with E-state index < -0.39 is 23.5 Å². The Morgan fingerprint density at radius 2 is 1.94 bits per heavy atom. The molecule has 0 atom stereocenters. The minimum Gasteiger partial charge on any atom is -0.361 e. The van der Waals surface area contributed by atoms with Gasteiger partial charge in [-0.25, -0.2) is 14.6 Å². The fourth-order valence-corrected chi connectivity index (χ4v) is 3.88. The van der Waals surface area contributed by atoms with E-state index in [1.807, 2.05) is 0 Å². The molecule has 0 aliphatic heterocycles. The number of benzene rings is 1. The molecular weight excluding hydrogens is 477 g/mol. The highest BCUT2D eigenvalue weighted by Crippen LogP contribution is 2.36. The summed E-state index contributed by atoms with van der Waals surface area (Å²) in [7, 11) is 1.67. The molecule has 0 saturated heterocycles. The van der Waals surface area contributed by atoms with E-state index in [1.165, 1.54) is 24.0 Å². The van der Waals surface area contributed by atoms with Gasteiger partial charge in [0.15, 0.2) is 11.5 Å². The van der Waals surface area contributed by atoms with Gasteiger partial charge in [-0.1, -0.05) is 23.4 Å². The standard InChI is InChI=1S/C23H19F3N8O2/c1-12-8-14(32-36-12)10-34-13(2)19(20(31-34)23(24,25)26)30-22(35)16-9-18(21-27-11-28-33(21)3)29-17-7-5-4-6-15(16)17/h4-9,11H,10H2,1-3H3,(H,30,35). The molecule has 1 aromatic carbocycles. The number of rotatable bonds is 5. The molecule has 36 heavy (non-hydrogen) atoms. The van der Waals surface area contributed by atoms with Gasteiger partial charge < -0.3 is 9.84 Å². The van der Waals surface area contributed by atoms with Crippen molar-refractivity contribution in [1.82, 2.24) is 34.7 Å². The van der Waals surface area contributed by atoms with Crippen LogP contribution in [0.25, 0.3) is 22.4 Å². The first kappa shape index (κ1) is 23.2. The largest absolute Gasteiger partial charge is 0.437 e. The van der Waals surface area contributed by atoms with Crippen molar-refractivity contribution in [2.45, 2.75) is 26.6 Å². The number of hydrogen-bond donors (Lipinski definition) is 1. The summed E-state index contributed by atoms with van der Waals surface area (Å²) in [6, 6.07) is 9.92. The highest BCUT2D eigenvalue weighted by molar-refractivity contribution is 6.13. The topological polar surface area (TPSA) is 117 Å². The van der Waals surface area contributed by atoms with Crippen molar-refractivity contribution in [3.05, 3.63) is 71.1 Å². The van der Waals surface area contributed by atoms with Crippen molar-refractivity contribution in [2.24, 2.45) is 7.05 Å². The molecule has 0 unspecified atom stereocenters. The highest BCUT2D eigenvalue weighted by atomic mass is 19.4. The maximum Gasteiger partial charge on any atom is 0.437 e. The Hall–Kier alpha value is -4.55. The molecule has 0 bridgehead atoms. The van der Waals surface area contributed by atoms with Crippen LogP contribution in [0.3, 0.4) is 0 Å². The fourth-order valence-electron chi connectivity index (χ4n) is 3.88. The first-order valence-electron chi connectivity index (χ1n) is 10.7. The maximum atomic E-state index is 13.9. The number of halogens is 3. The summed E-state index contributed by atoms with van der Waals surface area (Å²) >= 11 is 0. The third-order valence-corrected chi connectivity index (χ3v) is 5.60. The highest BCUT2D eigenvalue weighted by Gasteiger charge is 2.39. The predicted molar refractivity (Wildman–Crippen MR) is 122 cm³/mol. The van der Waals surface area contributed by atoms with E-state index in [0.29, 0.717) is 33.9 Å². The number of nitrogens with zero attached hydrogens (tertiary/aromatic N) is 7. The van der Waals surface area contributed by atoms with E-state index in [4.69, 9.17) is 4.52 Å². The van der Waals surface area contributed by atoms with Crippen molar-refractivity contribution in [1.29, 1.82) is 0 Å². The number of carbonyl (C=O) groups is 1. The van der Waals surface area contributed by atoms with Crippen molar-refractivity contribution in [3.63, 3.8) is 0 Å². The molecular formula is C23H19F3N8O2. The van der Waals surface area contributed by atoms with Gasteiger partial charge >= 0.3 is 6.18 Å². The Bertz CT molecular complexity index is 1600. The Morgan fingerprint density at radius 1 is 1.17 bits per heavy atom. The second-order valence-corrected chi connectivity index (χ2v) is 8.13. The molecule has 5 rings (SSSR count). The molecule has 0 aliphatic rings. The van der Waals surface area contributed by atoms with Gasteiger partial charge in [-0.3, -0.25) is 9.48 Å². The number of amides is 1. The molecule has 4 heterocycles. The van der Waals surface area contributed by atoms with Gasteiger partial charge in [-0.15, -0.1) is 0 Å². The van der Waals surface area contributed by atoms with E-state index in [9.17, 15) is 18.0 Å². The number of para-hydroxylation sites is 1. The second kappa shape index (κ2) is 8.59. The van der Waals surface area contributed by atoms with Crippen LogP contribution < -0.4 is 5.32 Å². The van der Waals surface area contributed by atoms with Gasteiger partial charge in [-0.05, 0) is 26.0 Å². The zero-order valence-electron chi connectivity index (χ0n) is 19.3. The van der Waals surface area contributed by atoms with Gasteiger partial charge in [0.25, 0.3) is 5.91 Å². The quantitative estimate of drug-likeness (QED) is 0.389. The van der Waals surface area contributed by atoms with Gasteiger partial charge in [0.05, 0.1) is 29.0 Å². The summed E-state index contributed by atoms with van der Waals surface area (Å²) in [6.45, 7) is 3.06. The molecule has 1 N–H and O–H groups in total. The van der Waals surface area contributed by atoms with Crippen LogP contribution >= 0.6 is 0 Å². The van der Waals surface area contributed by atoms with Crippen molar-refractivity contribution in [3.8, 4) is 11.5 Å². The van der Waals surface area contributed by atoms with E-state index in [2.05, 4.69) is 30.6 Å². The summed E-state index contributed by atoms with van der Waals surface area (Å²) < 4.78 is 49.3. The number of carbonyl (C=O) groups excluding carboxylic acids is 1. The SMILES string of the molecule is Cc1cc(Cn2nc(C(F)(F)F)c(NC(=O)c3cc(-c4ncnn4C)nc4ccccc34)c2C)no1. The molecule has 184 valence electrons. The molecule has 0 radical (unpaired) electrons.